The predicted molar refractivity (Wildman–Crippen MR) is 77.4 cm³/mol. The van der Waals surface area contributed by atoms with Crippen LogP contribution in [0.1, 0.15) is 24.2 Å². The monoisotopic (exact) mass is 266 g/mol. The van der Waals surface area contributed by atoms with Gasteiger partial charge in [-0.15, -0.1) is 0 Å². The van der Waals surface area contributed by atoms with Crippen LogP contribution in [0.15, 0.2) is 18.2 Å². The molecule has 1 aromatic carbocycles. The van der Waals surface area contributed by atoms with Crippen LogP contribution < -0.4 is 4.90 Å². The molecule has 0 N–H and O–H groups in total. The van der Waals surface area contributed by atoms with E-state index in [0.29, 0.717) is 17.8 Å². The number of hydrogen-bond acceptors (Lipinski definition) is 3. The molecule has 0 heterocycles. The maximum absolute atomic E-state index is 13.5. The zero-order valence-corrected chi connectivity index (χ0v) is 12.2. The molecular weight excluding hydrogens is 243 g/mol. The van der Waals surface area contributed by atoms with Crippen molar-refractivity contribution in [2.45, 2.75) is 13.8 Å². The molecule has 0 radical (unpaired) electrons. The van der Waals surface area contributed by atoms with Crippen molar-refractivity contribution in [3.8, 4) is 0 Å². The van der Waals surface area contributed by atoms with E-state index in [1.807, 2.05) is 14.1 Å². The summed E-state index contributed by atoms with van der Waals surface area (Å²) in [5, 5.41) is 0. The normalized spacial score (nSPS) is 11.1. The van der Waals surface area contributed by atoms with Crippen LogP contribution in [0.3, 0.4) is 0 Å². The van der Waals surface area contributed by atoms with E-state index in [9.17, 15) is 9.18 Å². The SMILES string of the molecule is CC(C)CN(CCN(C)C)c1cc(F)cc(C=O)c1. The van der Waals surface area contributed by atoms with Crippen molar-refractivity contribution in [2.24, 2.45) is 5.92 Å². The van der Waals surface area contributed by atoms with Crippen LogP contribution in [0.25, 0.3) is 0 Å². The summed E-state index contributed by atoms with van der Waals surface area (Å²) in [5.74, 6) is 0.114. The lowest BCUT2D eigenvalue weighted by Gasteiger charge is -2.28. The fourth-order valence-electron chi connectivity index (χ4n) is 1.93. The average molecular weight is 266 g/mol. The number of nitrogens with zero attached hydrogens (tertiary/aromatic N) is 2. The highest BCUT2D eigenvalue weighted by atomic mass is 19.1. The summed E-state index contributed by atoms with van der Waals surface area (Å²) in [6.45, 7) is 6.80. The Morgan fingerprint density at radius 2 is 1.89 bits per heavy atom. The third kappa shape index (κ3) is 5.39. The Balaban J connectivity index is 2.94. The molecule has 1 aromatic rings. The second kappa shape index (κ2) is 7.24. The molecule has 0 amide bonds. The van der Waals surface area contributed by atoms with Gasteiger partial charge in [0.15, 0.2) is 0 Å². The fraction of sp³-hybridized carbons (Fsp3) is 0.533. The van der Waals surface area contributed by atoms with Gasteiger partial charge in [0.05, 0.1) is 0 Å². The van der Waals surface area contributed by atoms with Gasteiger partial charge in [-0.05, 0) is 38.2 Å². The Labute approximate surface area is 115 Å². The molecule has 0 bridgehead atoms. The molecular formula is C15H23FN2O. The third-order valence-electron chi connectivity index (χ3n) is 2.81. The van der Waals surface area contributed by atoms with E-state index in [1.165, 1.54) is 12.1 Å². The van der Waals surface area contributed by atoms with Crippen molar-refractivity contribution in [3.05, 3.63) is 29.6 Å². The Kier molecular flexibility index (Phi) is 5.96. The quantitative estimate of drug-likeness (QED) is 0.709. The van der Waals surface area contributed by atoms with Gasteiger partial charge in [-0.2, -0.15) is 0 Å². The summed E-state index contributed by atoms with van der Waals surface area (Å²) in [4.78, 5) is 15.0. The zero-order valence-electron chi connectivity index (χ0n) is 12.2. The van der Waals surface area contributed by atoms with Gasteiger partial charge in [0.25, 0.3) is 0 Å². The van der Waals surface area contributed by atoms with Gasteiger partial charge in [0.2, 0.25) is 0 Å². The summed E-state index contributed by atoms with van der Waals surface area (Å²) in [6.07, 6.45) is 0.687. The van der Waals surface area contributed by atoms with Crippen LogP contribution in [-0.2, 0) is 0 Å². The van der Waals surface area contributed by atoms with Gasteiger partial charge in [-0.1, -0.05) is 13.8 Å². The Hall–Kier alpha value is -1.42. The molecule has 0 aliphatic carbocycles. The zero-order chi connectivity index (χ0) is 14.4. The standard InChI is InChI=1S/C15H23FN2O/c1-12(2)10-18(6-5-17(3)4)15-8-13(11-19)7-14(16)9-15/h7-9,11-12H,5-6,10H2,1-4H3. The molecule has 3 nitrogen and oxygen atoms in total. The molecule has 0 spiro atoms. The number of aldehydes is 1. The van der Waals surface area contributed by atoms with Gasteiger partial charge < -0.3 is 9.80 Å². The first-order chi connectivity index (χ1) is 8.92. The van der Waals surface area contributed by atoms with E-state index >= 15 is 0 Å². The Morgan fingerprint density at radius 1 is 1.21 bits per heavy atom. The minimum Gasteiger partial charge on any atom is -0.370 e. The maximum atomic E-state index is 13.5. The van der Waals surface area contributed by atoms with Crippen LogP contribution in [0.4, 0.5) is 10.1 Å². The molecule has 0 unspecified atom stereocenters. The van der Waals surface area contributed by atoms with Crippen LogP contribution in [-0.4, -0.2) is 44.9 Å². The van der Waals surface area contributed by atoms with E-state index in [-0.39, 0.29) is 5.82 Å². The van der Waals surface area contributed by atoms with Gasteiger partial charge in [0.1, 0.15) is 12.1 Å². The molecule has 1 rings (SSSR count). The molecule has 4 heteroatoms. The first-order valence-electron chi connectivity index (χ1n) is 6.58. The van der Waals surface area contributed by atoms with Crippen LogP contribution in [0, 0.1) is 11.7 Å². The highest BCUT2D eigenvalue weighted by molar-refractivity contribution is 5.77. The summed E-state index contributed by atoms with van der Waals surface area (Å²) in [5.41, 5.74) is 1.16. The van der Waals surface area contributed by atoms with E-state index in [4.69, 9.17) is 0 Å². The highest BCUT2D eigenvalue weighted by Crippen LogP contribution is 2.19. The smallest absolute Gasteiger partial charge is 0.150 e. The molecule has 0 aromatic heterocycles. The number of anilines is 1. The number of likely N-dealkylation sites (N-methyl/N-ethyl adjacent to an activating group) is 1. The summed E-state index contributed by atoms with van der Waals surface area (Å²) >= 11 is 0. The average Bonchev–Trinajstić information content (AvgIpc) is 2.32. The second-order valence-electron chi connectivity index (χ2n) is 5.50. The first-order valence-corrected chi connectivity index (χ1v) is 6.58. The lowest BCUT2D eigenvalue weighted by molar-refractivity contribution is 0.112. The summed E-state index contributed by atoms with van der Waals surface area (Å²) in [7, 11) is 4.02. The van der Waals surface area contributed by atoms with Crippen molar-refractivity contribution >= 4 is 12.0 Å². The van der Waals surface area contributed by atoms with Gasteiger partial charge >= 0.3 is 0 Å². The molecule has 0 atom stereocenters. The highest BCUT2D eigenvalue weighted by Gasteiger charge is 2.11. The molecule has 0 saturated carbocycles. The first kappa shape index (κ1) is 15.6. The van der Waals surface area contributed by atoms with Gasteiger partial charge in [-0.25, -0.2) is 4.39 Å². The summed E-state index contributed by atoms with van der Waals surface area (Å²) < 4.78 is 13.5. The van der Waals surface area contributed by atoms with Crippen LogP contribution in [0.2, 0.25) is 0 Å². The molecule has 0 aliphatic heterocycles. The van der Waals surface area contributed by atoms with Crippen LogP contribution >= 0.6 is 0 Å². The number of rotatable bonds is 7. The van der Waals surface area contributed by atoms with Crippen molar-refractivity contribution < 1.29 is 9.18 Å². The predicted octanol–water partition coefficient (Wildman–Crippen LogP) is 2.66. The topological polar surface area (TPSA) is 23.6 Å². The largest absolute Gasteiger partial charge is 0.370 e. The Morgan fingerprint density at radius 3 is 2.42 bits per heavy atom. The number of carbonyl (C=O) groups is 1. The number of hydrogen-bond donors (Lipinski definition) is 0. The minimum absolute atomic E-state index is 0.363. The molecule has 0 fully saturated rings. The van der Waals surface area contributed by atoms with Crippen molar-refractivity contribution in [3.63, 3.8) is 0 Å². The van der Waals surface area contributed by atoms with Gasteiger partial charge in [-0.3, -0.25) is 4.79 Å². The Bertz CT molecular complexity index is 419. The van der Waals surface area contributed by atoms with E-state index < -0.39 is 0 Å². The number of halogens is 1. The molecule has 19 heavy (non-hydrogen) atoms. The van der Waals surface area contributed by atoms with Crippen molar-refractivity contribution in [1.82, 2.24) is 4.90 Å². The van der Waals surface area contributed by atoms with Crippen molar-refractivity contribution in [1.29, 1.82) is 0 Å². The summed E-state index contributed by atoms with van der Waals surface area (Å²) in [6, 6.07) is 4.50. The van der Waals surface area contributed by atoms with E-state index in [1.54, 1.807) is 6.07 Å². The lowest BCUT2D eigenvalue weighted by atomic mass is 10.1. The van der Waals surface area contributed by atoms with Gasteiger partial charge in [0, 0.05) is 30.9 Å². The number of benzene rings is 1. The van der Waals surface area contributed by atoms with E-state index in [0.717, 1.165) is 25.3 Å². The van der Waals surface area contributed by atoms with Crippen LogP contribution in [0.5, 0.6) is 0 Å². The lowest BCUT2D eigenvalue weighted by Crippen LogP contribution is -2.34. The van der Waals surface area contributed by atoms with Crippen molar-refractivity contribution in [2.75, 3.05) is 38.6 Å². The molecule has 106 valence electrons. The molecule has 0 saturated heterocycles. The fourth-order valence-corrected chi connectivity index (χ4v) is 1.93. The number of carbonyl (C=O) groups excluding carboxylic acids is 1. The van der Waals surface area contributed by atoms with E-state index in [2.05, 4.69) is 23.6 Å². The molecule has 0 aliphatic rings. The minimum atomic E-state index is -0.363. The maximum Gasteiger partial charge on any atom is 0.150 e. The second-order valence-corrected chi connectivity index (χ2v) is 5.50. The third-order valence-corrected chi connectivity index (χ3v) is 2.81.